The van der Waals surface area contributed by atoms with Gasteiger partial charge in [-0.2, -0.15) is 0 Å². The molecule has 11 rings (SSSR count). The van der Waals surface area contributed by atoms with Crippen LogP contribution in [0.1, 0.15) is 55.4 Å². The van der Waals surface area contributed by atoms with Gasteiger partial charge in [0.2, 0.25) is 41.4 Å². The molecule has 0 bridgehead atoms. The number of carbonyl (C=O) groups is 7. The number of hydrogen-bond acceptors (Lipinski definition) is 55. The first kappa shape index (κ1) is 117. The van der Waals surface area contributed by atoms with Gasteiger partial charge in [0.1, 0.15) is 262 Å². The molecule has 62 nitrogen and oxygen atoms in total. The third kappa shape index (κ3) is 26.7. The van der Waals surface area contributed by atoms with E-state index in [1.807, 2.05) is 0 Å². The zero-order valence-electron chi connectivity index (χ0n) is 77.3. The standard InChI is InChI=1S/C80H133N7O55/c1-19-44(102)58(116)60(118)77(125-19)123-18-36-66(55(113)37(70(121)126-36)81-20(2)95)138-75-42(86-25(7)100)57(115)64(32(14-93)131-75)139-78-62(120)67(50(108)35(134-78)17-124-79-68(141-74-41(85-24(6)99)54(112)48(106)30(12-91)130-74)59(117)49(107)34(135-79)16-122-71-38(82-21(3)96)51(109)45(103)27(9-88)127-71)140-80-69(61(119)65(33(15-94)133-80)137-73-40(84-23(5)98)53(111)47(105)29(11-90)129-73)142-76-43(87-26(8)101)56(114)63(31(13-92)132-76)136-72-39(83-22(4)97)52(110)46(104)28(10-89)128-72/h19,27-80,88-94,102-121H,9-18H2,1-8H3,(H,81,95)(H,82,96)(H,83,97)(H,84,98)(H,85,99)(H,86,100)(H,87,101)/t19-,27+,28+,29+,30+,31+,32+,33+,34+,35+,36+,37+,38+,39+,40+,41+,42+,43+,44+,45+,46-,47+,48+,49+,50+,51+,52+,53+,54+,55+,56+,57+,58+,59-,60-,61-,62-,63+,64+,65+,66+,67-,68-,69-,70?,71+,72-,73-,74-,75-,76-,77+,78-,79-,80+/m0/s1. The summed E-state index contributed by atoms with van der Waals surface area (Å²) < 4.78 is 128. The van der Waals surface area contributed by atoms with E-state index in [-0.39, 0.29) is 0 Å². The predicted octanol–water partition coefficient (Wildman–Crippen LogP) is -22.9. The molecule has 142 heavy (non-hydrogen) atoms. The van der Waals surface area contributed by atoms with Crippen LogP contribution in [-0.4, -0.2) is 583 Å². The maximum atomic E-state index is 13.5. The molecule has 11 fully saturated rings. The van der Waals surface area contributed by atoms with Gasteiger partial charge in [-0.15, -0.1) is 0 Å². The molecule has 11 aliphatic heterocycles. The summed E-state index contributed by atoms with van der Waals surface area (Å²) >= 11 is 0. The van der Waals surface area contributed by atoms with Crippen LogP contribution in [0.3, 0.4) is 0 Å². The first-order chi connectivity index (χ1) is 67.0. The molecule has 0 aliphatic carbocycles. The van der Waals surface area contributed by atoms with Gasteiger partial charge in [0.15, 0.2) is 69.2 Å². The fraction of sp³-hybridized carbons (Fsp3) is 0.912. The van der Waals surface area contributed by atoms with Gasteiger partial charge in [0.05, 0.1) is 72.2 Å². The minimum atomic E-state index is -2.79. The lowest BCUT2D eigenvalue weighted by Gasteiger charge is -2.52. The Hall–Kier alpha value is -5.63. The van der Waals surface area contributed by atoms with Gasteiger partial charge < -0.3 is 275 Å². The molecule has 0 aromatic rings. The number of aliphatic hydroxyl groups excluding tert-OH is 27. The second-order valence-corrected chi connectivity index (χ2v) is 36.0. The van der Waals surface area contributed by atoms with E-state index in [9.17, 15) is 171 Å². The Kier molecular flexibility index (Phi) is 42.1. The summed E-state index contributed by atoms with van der Waals surface area (Å²) in [6.45, 7) is -3.64. The number of amides is 7. The number of ether oxygens (including phenoxy) is 21. The summed E-state index contributed by atoms with van der Waals surface area (Å²) in [5.41, 5.74) is 0. The van der Waals surface area contributed by atoms with Gasteiger partial charge in [-0.05, 0) is 6.92 Å². The van der Waals surface area contributed by atoms with E-state index in [0.717, 1.165) is 48.5 Å². The highest BCUT2D eigenvalue weighted by atomic mass is 16.8. The van der Waals surface area contributed by atoms with Crippen molar-refractivity contribution in [1.82, 2.24) is 37.2 Å². The molecule has 0 radical (unpaired) electrons. The molecule has 62 heteroatoms. The van der Waals surface area contributed by atoms with E-state index in [0.29, 0.717) is 0 Å². The van der Waals surface area contributed by atoms with Crippen LogP contribution >= 0.6 is 0 Å². The van der Waals surface area contributed by atoms with Crippen LogP contribution < -0.4 is 37.2 Å². The van der Waals surface area contributed by atoms with Crippen LogP contribution in [0, 0.1) is 0 Å². The largest absolute Gasteiger partial charge is 0.394 e. The third-order valence-electron chi connectivity index (χ3n) is 25.7. The normalized spacial score (nSPS) is 47.5. The summed E-state index contributed by atoms with van der Waals surface area (Å²) in [5, 5.41) is 326. The molecular formula is C80H133N7O55. The number of aliphatic hydroxyl groups is 27. The lowest BCUT2D eigenvalue weighted by atomic mass is 9.93. The average molecular weight is 2070 g/mol. The maximum Gasteiger partial charge on any atom is 0.217 e. The summed E-state index contributed by atoms with van der Waals surface area (Å²) in [7, 11) is 0. The summed E-state index contributed by atoms with van der Waals surface area (Å²) in [5.74, 6) is -6.57. The third-order valence-corrected chi connectivity index (χ3v) is 25.7. The molecular weight excluding hydrogens is 1940 g/mol. The maximum absolute atomic E-state index is 13.5. The first-order valence-electron chi connectivity index (χ1n) is 45.5. The van der Waals surface area contributed by atoms with Crippen molar-refractivity contribution in [3.63, 3.8) is 0 Å². The van der Waals surface area contributed by atoms with E-state index >= 15 is 0 Å². The van der Waals surface area contributed by atoms with Gasteiger partial charge in [0, 0.05) is 48.5 Å². The molecule has 818 valence electrons. The number of nitrogens with one attached hydrogen (secondary N) is 7. The quantitative estimate of drug-likeness (QED) is 0.0275. The van der Waals surface area contributed by atoms with E-state index in [1.165, 1.54) is 6.92 Å². The molecule has 11 aliphatic rings. The van der Waals surface area contributed by atoms with Crippen LogP contribution in [0.15, 0.2) is 0 Å². The number of hydrogen-bond donors (Lipinski definition) is 34. The summed E-state index contributed by atoms with van der Waals surface area (Å²) in [6.07, 6.45) is -103. The van der Waals surface area contributed by atoms with Gasteiger partial charge >= 0.3 is 0 Å². The van der Waals surface area contributed by atoms with E-state index in [1.54, 1.807) is 0 Å². The van der Waals surface area contributed by atoms with Gasteiger partial charge in [-0.25, -0.2) is 0 Å². The molecule has 1 unspecified atom stereocenters. The van der Waals surface area contributed by atoms with Crippen molar-refractivity contribution in [2.24, 2.45) is 0 Å². The molecule has 0 aromatic carbocycles. The van der Waals surface area contributed by atoms with Crippen LogP contribution in [0.2, 0.25) is 0 Å². The Bertz CT molecular complexity index is 4030. The monoisotopic (exact) mass is 2070 g/mol. The lowest BCUT2D eigenvalue weighted by Crippen LogP contribution is -2.71. The Balaban J connectivity index is 1.01. The minimum absolute atomic E-state index is 0.843. The van der Waals surface area contributed by atoms with Crippen LogP contribution in [-0.2, 0) is 133 Å². The summed E-state index contributed by atoms with van der Waals surface area (Å²) in [4.78, 5) is 90.5. The van der Waals surface area contributed by atoms with Gasteiger partial charge in [0.25, 0.3) is 0 Å². The molecule has 11 saturated heterocycles. The van der Waals surface area contributed by atoms with Crippen molar-refractivity contribution < 1.29 is 271 Å². The van der Waals surface area contributed by atoms with Crippen LogP contribution in [0.25, 0.3) is 0 Å². The van der Waals surface area contributed by atoms with Crippen molar-refractivity contribution >= 4 is 41.4 Å². The SMILES string of the molecule is CC(=O)N[C@H]1[C@H](O[C@H]2[C@H](O)[C@@H](NC(C)=O)C(O)O[C@@H]2CO[C@@H]2O[C@@H](C)[C@@H](O)[C@@H](O)[C@@H]2O)O[C@H](CO)[C@@H](O[C@@H]2O[C@H](CO[C@H]3O[C@H](CO[C@@H]4O[C@H](CO)[C@@H](O)[C@H](O)[C@H]4NC(C)=O)[C@@H](O)[C@H](O)[C@@H]3O[C@@H]3O[C@H](CO)[C@@H](O)[C@H](O)[C@H]3NC(C)=O)[C@@H](O)[C@H](O[C@H]3O[C@H](CO)[C@@H](O[C@@H]4O[C@H](CO)[C@@H](O)[C@H](O)[C@H]4NC(C)=O)[C@H](O)[C@@H]3O[C@@H]3O[C@H](CO)[C@@H](O[C@@H]4O[C@H](CO)[C@H](O)[C@H](O)[C@H]4NC(C)=O)[C@H](O)[C@H]3NC(C)=O)[C@@H]2O)[C@@H]1O. The van der Waals surface area contributed by atoms with Crippen molar-refractivity contribution in [2.75, 3.05) is 66.1 Å². The van der Waals surface area contributed by atoms with E-state index in [2.05, 4.69) is 37.2 Å². The predicted molar refractivity (Wildman–Crippen MR) is 442 cm³/mol. The molecule has 34 N–H and O–H groups in total. The molecule has 11 heterocycles. The molecule has 7 amide bonds. The Morgan fingerprint density at radius 3 is 0.831 bits per heavy atom. The highest BCUT2D eigenvalue weighted by Gasteiger charge is 2.63. The zero-order valence-corrected chi connectivity index (χ0v) is 77.3. The van der Waals surface area contributed by atoms with Crippen molar-refractivity contribution in [2.45, 2.75) is 393 Å². The Morgan fingerprint density at radius 1 is 0.197 bits per heavy atom. The van der Waals surface area contributed by atoms with Crippen LogP contribution in [0.5, 0.6) is 0 Å². The summed E-state index contributed by atoms with van der Waals surface area (Å²) in [6, 6.07) is -13.3. The Labute approximate surface area is 805 Å². The highest BCUT2D eigenvalue weighted by molar-refractivity contribution is 5.75. The van der Waals surface area contributed by atoms with E-state index in [4.69, 9.17) is 99.5 Å². The first-order valence-corrected chi connectivity index (χ1v) is 45.5. The zero-order chi connectivity index (χ0) is 105. The topological polar surface area (TPSA) is 944 Å². The fourth-order valence-electron chi connectivity index (χ4n) is 18.4. The average Bonchev–Trinajstić information content (AvgIpc) is 0.775. The second kappa shape index (κ2) is 51.3. The van der Waals surface area contributed by atoms with Crippen LogP contribution in [0.4, 0.5) is 0 Å². The van der Waals surface area contributed by atoms with Crippen molar-refractivity contribution in [1.29, 1.82) is 0 Å². The lowest BCUT2D eigenvalue weighted by molar-refractivity contribution is -0.405. The molecule has 0 saturated carbocycles. The van der Waals surface area contributed by atoms with Crippen molar-refractivity contribution in [3.05, 3.63) is 0 Å². The van der Waals surface area contributed by atoms with Crippen molar-refractivity contribution in [3.8, 4) is 0 Å². The molecule has 0 aromatic heterocycles. The second-order valence-electron chi connectivity index (χ2n) is 36.0. The van der Waals surface area contributed by atoms with E-state index < -0.39 is 445 Å². The number of rotatable bonds is 37. The number of carbonyl (C=O) groups excluding carboxylic acids is 7. The fourth-order valence-corrected chi connectivity index (χ4v) is 18.4. The van der Waals surface area contributed by atoms with Gasteiger partial charge in [-0.3, -0.25) is 33.6 Å². The molecule has 55 atom stereocenters. The van der Waals surface area contributed by atoms with Gasteiger partial charge in [-0.1, -0.05) is 0 Å². The Morgan fingerprint density at radius 2 is 0.451 bits per heavy atom. The highest BCUT2D eigenvalue weighted by Crippen LogP contribution is 2.42. The smallest absolute Gasteiger partial charge is 0.217 e. The minimum Gasteiger partial charge on any atom is -0.394 e. The molecule has 0 spiro atoms.